The number of halogens is 3. The summed E-state index contributed by atoms with van der Waals surface area (Å²) < 4.78 is 39.6. The Morgan fingerprint density at radius 1 is 0.941 bits per heavy atom. The third-order valence-corrected chi connectivity index (χ3v) is 10.1. The molecule has 2 fully saturated rings. The number of rotatable bonds is 10. The van der Waals surface area contributed by atoms with Crippen LogP contribution in [-0.2, 0) is 22.2 Å². The normalized spacial score (nSPS) is 19.0. The van der Waals surface area contributed by atoms with E-state index in [1.54, 1.807) is 0 Å². The number of hydrogen-bond acceptors (Lipinski definition) is 6. The topological polar surface area (TPSA) is 154 Å². The maximum absolute atomic E-state index is 13.7. The molecule has 1 atom stereocenters. The SMILES string of the molecule is Cc1cc(C(=O)NC2CCNCC2)ccc1-c1ccc(CC(NC(=O)C2CCC(CN)CC2)C(=O)Nc2ccc3nc(C(F)(F)F)[nH]c3c2)cc1. The molecule has 10 nitrogen and oxygen atoms in total. The molecule has 6 rings (SSSR count). The Kier molecular flexibility index (Phi) is 11.1. The van der Waals surface area contributed by atoms with E-state index in [1.807, 2.05) is 49.4 Å². The second kappa shape index (κ2) is 15.6. The molecule has 3 aromatic carbocycles. The van der Waals surface area contributed by atoms with Gasteiger partial charge in [0.15, 0.2) is 0 Å². The van der Waals surface area contributed by atoms with E-state index in [9.17, 15) is 27.6 Å². The number of nitrogens with one attached hydrogen (secondary N) is 5. The highest BCUT2D eigenvalue weighted by Gasteiger charge is 2.35. The molecule has 1 unspecified atom stereocenters. The fourth-order valence-electron chi connectivity index (χ4n) is 7.03. The zero-order valence-electron chi connectivity index (χ0n) is 28.5. The number of aromatic nitrogens is 2. The van der Waals surface area contributed by atoms with E-state index in [2.05, 4.69) is 31.2 Å². The van der Waals surface area contributed by atoms with Crippen LogP contribution < -0.4 is 27.0 Å². The smallest absolute Gasteiger partial charge is 0.349 e. The number of imidazole rings is 1. The quantitative estimate of drug-likeness (QED) is 0.129. The predicted molar refractivity (Wildman–Crippen MR) is 190 cm³/mol. The van der Waals surface area contributed by atoms with Gasteiger partial charge in [-0.3, -0.25) is 14.4 Å². The first-order valence-corrected chi connectivity index (χ1v) is 17.6. The number of anilines is 1. The highest BCUT2D eigenvalue weighted by atomic mass is 19.4. The van der Waals surface area contributed by atoms with Crippen LogP contribution in [0.1, 0.15) is 65.8 Å². The third kappa shape index (κ3) is 8.95. The molecular formula is C38H44F3N7O3. The summed E-state index contributed by atoms with van der Waals surface area (Å²) in [4.78, 5) is 45.8. The van der Waals surface area contributed by atoms with Crippen molar-refractivity contribution in [3.05, 3.63) is 83.2 Å². The summed E-state index contributed by atoms with van der Waals surface area (Å²) in [5, 5.41) is 12.2. The van der Waals surface area contributed by atoms with Crippen LogP contribution in [0.4, 0.5) is 18.9 Å². The van der Waals surface area contributed by atoms with Gasteiger partial charge in [0, 0.05) is 29.6 Å². The maximum Gasteiger partial charge on any atom is 0.449 e. The Morgan fingerprint density at radius 3 is 2.33 bits per heavy atom. The van der Waals surface area contributed by atoms with Gasteiger partial charge in [-0.05, 0) is 124 Å². The summed E-state index contributed by atoms with van der Waals surface area (Å²) in [6.45, 7) is 4.33. The van der Waals surface area contributed by atoms with E-state index in [4.69, 9.17) is 5.73 Å². The Bertz CT molecular complexity index is 1860. The third-order valence-electron chi connectivity index (χ3n) is 10.1. The van der Waals surface area contributed by atoms with Crippen LogP contribution in [0.2, 0.25) is 0 Å². The van der Waals surface area contributed by atoms with E-state index in [-0.39, 0.29) is 46.9 Å². The van der Waals surface area contributed by atoms with Crippen LogP contribution in [0.15, 0.2) is 60.7 Å². The van der Waals surface area contributed by atoms with E-state index in [1.165, 1.54) is 18.2 Å². The van der Waals surface area contributed by atoms with Crippen LogP contribution in [-0.4, -0.2) is 59.4 Å². The lowest BCUT2D eigenvalue weighted by atomic mass is 9.81. The van der Waals surface area contributed by atoms with Crippen LogP contribution in [0.5, 0.6) is 0 Å². The van der Waals surface area contributed by atoms with Crippen molar-refractivity contribution < 1.29 is 27.6 Å². The Hall–Kier alpha value is -4.75. The van der Waals surface area contributed by atoms with Gasteiger partial charge in [-0.1, -0.05) is 30.3 Å². The van der Waals surface area contributed by atoms with E-state index in [0.717, 1.165) is 61.0 Å². The number of carbonyl (C=O) groups excluding carboxylic acids is 3. The van der Waals surface area contributed by atoms with Crippen molar-refractivity contribution in [2.45, 2.75) is 70.1 Å². The molecular weight excluding hydrogens is 659 g/mol. The lowest BCUT2D eigenvalue weighted by Gasteiger charge is -2.28. The average molecular weight is 704 g/mol. The highest BCUT2D eigenvalue weighted by molar-refractivity contribution is 5.99. The summed E-state index contributed by atoms with van der Waals surface area (Å²) in [6, 6.07) is 16.8. The van der Waals surface area contributed by atoms with Crippen LogP contribution in [0.3, 0.4) is 0 Å². The summed E-state index contributed by atoms with van der Waals surface area (Å²) in [6.07, 6.45) is 0.436. The Labute approximate surface area is 294 Å². The molecule has 0 spiro atoms. The van der Waals surface area contributed by atoms with Crippen molar-refractivity contribution in [2.75, 3.05) is 25.0 Å². The molecule has 4 aromatic rings. The van der Waals surface area contributed by atoms with Gasteiger partial charge in [-0.2, -0.15) is 13.2 Å². The summed E-state index contributed by atoms with van der Waals surface area (Å²) in [7, 11) is 0. The van der Waals surface area contributed by atoms with Gasteiger partial charge in [0.2, 0.25) is 17.6 Å². The Morgan fingerprint density at radius 2 is 1.67 bits per heavy atom. The fraction of sp³-hybridized carbons (Fsp3) is 0.421. The zero-order valence-corrected chi connectivity index (χ0v) is 28.5. The van der Waals surface area contributed by atoms with Crippen LogP contribution >= 0.6 is 0 Å². The number of nitrogens with zero attached hydrogens (tertiary/aromatic N) is 1. The van der Waals surface area contributed by atoms with E-state index >= 15 is 0 Å². The first-order valence-electron chi connectivity index (χ1n) is 17.6. The number of fused-ring (bicyclic) bond motifs is 1. The van der Waals surface area contributed by atoms with Crippen molar-refractivity contribution in [2.24, 2.45) is 17.6 Å². The monoisotopic (exact) mass is 703 g/mol. The molecule has 1 saturated heterocycles. The van der Waals surface area contributed by atoms with Gasteiger partial charge in [-0.15, -0.1) is 0 Å². The van der Waals surface area contributed by atoms with Crippen molar-refractivity contribution in [3.63, 3.8) is 0 Å². The van der Waals surface area contributed by atoms with Gasteiger partial charge < -0.3 is 32.0 Å². The van der Waals surface area contributed by atoms with Crippen LogP contribution in [0.25, 0.3) is 22.2 Å². The van der Waals surface area contributed by atoms with Gasteiger partial charge in [0.25, 0.3) is 5.91 Å². The summed E-state index contributed by atoms with van der Waals surface area (Å²) in [5.74, 6) is -1.75. The summed E-state index contributed by atoms with van der Waals surface area (Å²) >= 11 is 0. The number of piperidine rings is 1. The van der Waals surface area contributed by atoms with Gasteiger partial charge in [-0.25, -0.2) is 4.98 Å². The lowest BCUT2D eigenvalue weighted by Crippen LogP contribution is -2.48. The first-order chi connectivity index (χ1) is 24.5. The van der Waals surface area contributed by atoms with Crippen LogP contribution in [0, 0.1) is 18.8 Å². The van der Waals surface area contributed by atoms with E-state index in [0.29, 0.717) is 30.9 Å². The molecule has 7 N–H and O–H groups in total. The summed E-state index contributed by atoms with van der Waals surface area (Å²) in [5.41, 5.74) is 10.6. The van der Waals surface area contributed by atoms with Crippen molar-refractivity contribution in [1.29, 1.82) is 0 Å². The highest BCUT2D eigenvalue weighted by Crippen LogP contribution is 2.31. The molecule has 1 aromatic heterocycles. The second-order valence-corrected chi connectivity index (χ2v) is 13.7. The number of aryl methyl sites for hydroxylation is 1. The molecule has 1 aliphatic carbocycles. The molecule has 3 amide bonds. The lowest BCUT2D eigenvalue weighted by molar-refractivity contribution is -0.144. The number of H-pyrrole nitrogens is 1. The largest absolute Gasteiger partial charge is 0.449 e. The zero-order chi connectivity index (χ0) is 36.1. The molecule has 1 saturated carbocycles. The number of nitrogens with two attached hydrogens (primary N) is 1. The van der Waals surface area contributed by atoms with Gasteiger partial charge in [0.05, 0.1) is 11.0 Å². The standard InChI is InChI=1S/C38H44F3N7O3/c1-22-18-27(35(50)44-28-14-16-43-17-15-28)10-12-30(22)25-6-2-23(3-7-25)19-33(46-34(49)26-8-4-24(21-42)5-9-26)36(51)45-29-11-13-31-32(20-29)48-37(47-31)38(39,40)41/h2-3,6-7,10-13,18,20,24,26,28,33,43H,4-5,8-9,14-17,19,21,42H2,1H3,(H,44,50)(H,45,51)(H,46,49)(H,47,48). The molecule has 13 heteroatoms. The fourth-order valence-corrected chi connectivity index (χ4v) is 7.03. The van der Waals surface area contributed by atoms with Gasteiger partial charge >= 0.3 is 6.18 Å². The molecule has 0 radical (unpaired) electrons. The number of benzene rings is 3. The Balaban J connectivity index is 1.16. The number of aromatic amines is 1. The number of carbonyl (C=O) groups is 3. The minimum absolute atomic E-state index is 0.0822. The average Bonchev–Trinajstić information content (AvgIpc) is 3.57. The van der Waals surface area contributed by atoms with E-state index < -0.39 is 23.9 Å². The predicted octanol–water partition coefficient (Wildman–Crippen LogP) is 5.47. The van der Waals surface area contributed by atoms with Gasteiger partial charge in [0.1, 0.15) is 6.04 Å². The minimum atomic E-state index is -4.64. The first kappa shape index (κ1) is 36.1. The minimum Gasteiger partial charge on any atom is -0.349 e. The molecule has 2 aliphatic rings. The second-order valence-electron chi connectivity index (χ2n) is 13.7. The molecule has 1 aliphatic heterocycles. The molecule has 2 heterocycles. The number of alkyl halides is 3. The maximum atomic E-state index is 13.7. The molecule has 51 heavy (non-hydrogen) atoms. The number of hydrogen-bond donors (Lipinski definition) is 6. The molecule has 0 bridgehead atoms. The number of amides is 3. The molecule has 270 valence electrons. The van der Waals surface area contributed by atoms with Crippen molar-refractivity contribution in [1.82, 2.24) is 25.9 Å². The van der Waals surface area contributed by atoms with Crippen molar-refractivity contribution >= 4 is 34.4 Å². The van der Waals surface area contributed by atoms with Crippen molar-refractivity contribution in [3.8, 4) is 11.1 Å².